The quantitative estimate of drug-likeness (QED) is 0.478. The number of hydrogen-bond donors (Lipinski definition) is 0. The molecule has 1 unspecified atom stereocenters. The van der Waals surface area contributed by atoms with Gasteiger partial charge in [0.2, 0.25) is 0 Å². The molecule has 1 aliphatic heterocycles. The van der Waals surface area contributed by atoms with E-state index >= 15 is 0 Å². The number of hydrogen-bond acceptors (Lipinski definition) is 2. The van der Waals surface area contributed by atoms with Gasteiger partial charge in [0, 0.05) is 6.21 Å². The second-order valence-electron chi connectivity index (χ2n) is 2.17. The van der Waals surface area contributed by atoms with E-state index in [2.05, 4.69) is 4.99 Å². The normalized spacial score (nSPS) is 25.4. The fourth-order valence-electron chi connectivity index (χ4n) is 0.724. The van der Waals surface area contributed by atoms with Crippen LogP contribution in [0.3, 0.4) is 0 Å². The van der Waals surface area contributed by atoms with Crippen molar-refractivity contribution in [3.8, 4) is 0 Å². The summed E-state index contributed by atoms with van der Waals surface area (Å²) in [5, 5.41) is 0. The minimum absolute atomic E-state index is 0.117. The summed E-state index contributed by atoms with van der Waals surface area (Å²) in [5.74, 6) is 0. The molecule has 0 aromatic rings. The van der Waals surface area contributed by atoms with Crippen LogP contribution in [0, 0.1) is 0 Å². The maximum Gasteiger partial charge on any atom is 0.144 e. The van der Waals surface area contributed by atoms with Crippen molar-refractivity contribution in [2.75, 3.05) is 0 Å². The van der Waals surface area contributed by atoms with Crippen molar-refractivity contribution in [1.29, 1.82) is 0 Å². The molecule has 48 valence electrons. The van der Waals surface area contributed by atoms with Crippen molar-refractivity contribution < 1.29 is 4.79 Å². The lowest BCUT2D eigenvalue weighted by atomic mass is 10.1. The zero-order chi connectivity index (χ0) is 6.69. The smallest absolute Gasteiger partial charge is 0.144 e. The van der Waals surface area contributed by atoms with Crippen LogP contribution in [0.2, 0.25) is 0 Å². The molecule has 0 aromatic carbocycles. The van der Waals surface area contributed by atoms with Crippen LogP contribution in [0.4, 0.5) is 0 Å². The summed E-state index contributed by atoms with van der Waals surface area (Å²) in [4.78, 5) is 14.1. The Morgan fingerprint density at radius 2 is 2.67 bits per heavy atom. The average molecular weight is 123 g/mol. The van der Waals surface area contributed by atoms with Crippen LogP contribution in [0.1, 0.15) is 13.3 Å². The first-order valence-electron chi connectivity index (χ1n) is 2.98. The van der Waals surface area contributed by atoms with Gasteiger partial charge in [-0.3, -0.25) is 4.99 Å². The molecule has 0 aromatic heterocycles. The highest BCUT2D eigenvalue weighted by Crippen LogP contribution is 2.04. The van der Waals surface area contributed by atoms with E-state index in [1.807, 2.05) is 13.0 Å². The van der Waals surface area contributed by atoms with Gasteiger partial charge in [-0.1, -0.05) is 6.08 Å². The summed E-state index contributed by atoms with van der Waals surface area (Å²) in [6, 6.07) is -0.117. The van der Waals surface area contributed by atoms with Crippen LogP contribution >= 0.6 is 0 Å². The molecule has 2 heteroatoms. The zero-order valence-electron chi connectivity index (χ0n) is 5.37. The molecule has 0 bridgehead atoms. The number of allylic oxidation sites excluding steroid dienone is 1. The lowest BCUT2D eigenvalue weighted by Gasteiger charge is -2.05. The number of dihydropyridines is 1. The Balaban J connectivity index is 2.58. The van der Waals surface area contributed by atoms with Crippen LogP contribution in [0.25, 0.3) is 0 Å². The fourth-order valence-corrected chi connectivity index (χ4v) is 0.724. The third-order valence-electron chi connectivity index (χ3n) is 1.31. The standard InChI is InChI=1S/C7H9NO/c1-6-2-3-7(5-9)8-4-6/h2,4-5,7H,3H2,1H3. The van der Waals surface area contributed by atoms with E-state index in [1.165, 1.54) is 0 Å². The monoisotopic (exact) mass is 123 g/mol. The number of aliphatic imine (C=N–C) groups is 1. The molecule has 0 radical (unpaired) electrons. The largest absolute Gasteiger partial charge is 0.301 e. The van der Waals surface area contributed by atoms with Crippen molar-refractivity contribution in [1.82, 2.24) is 0 Å². The first kappa shape index (κ1) is 6.20. The fraction of sp³-hybridized carbons (Fsp3) is 0.429. The molecule has 0 spiro atoms. The molecule has 9 heavy (non-hydrogen) atoms. The predicted octanol–water partition coefficient (Wildman–Crippen LogP) is 0.975. The van der Waals surface area contributed by atoms with E-state index in [4.69, 9.17) is 0 Å². The summed E-state index contributed by atoms with van der Waals surface area (Å²) < 4.78 is 0. The predicted molar refractivity (Wildman–Crippen MR) is 36.7 cm³/mol. The Morgan fingerprint density at radius 3 is 3.11 bits per heavy atom. The first-order chi connectivity index (χ1) is 4.33. The summed E-state index contributed by atoms with van der Waals surface area (Å²) in [5.41, 5.74) is 1.15. The van der Waals surface area contributed by atoms with E-state index in [0.29, 0.717) is 0 Å². The van der Waals surface area contributed by atoms with Gasteiger partial charge >= 0.3 is 0 Å². The molecule has 1 heterocycles. The van der Waals surface area contributed by atoms with Crippen LogP contribution < -0.4 is 0 Å². The van der Waals surface area contributed by atoms with Gasteiger partial charge in [-0.15, -0.1) is 0 Å². The lowest BCUT2D eigenvalue weighted by molar-refractivity contribution is -0.108. The lowest BCUT2D eigenvalue weighted by Crippen LogP contribution is -2.08. The van der Waals surface area contributed by atoms with Gasteiger partial charge in [0.15, 0.2) is 0 Å². The second-order valence-corrected chi connectivity index (χ2v) is 2.17. The molecule has 1 atom stereocenters. The topological polar surface area (TPSA) is 29.4 Å². The van der Waals surface area contributed by atoms with Gasteiger partial charge in [0.1, 0.15) is 12.3 Å². The molecule has 1 rings (SSSR count). The third kappa shape index (κ3) is 1.49. The van der Waals surface area contributed by atoms with Crippen LogP contribution in [0.5, 0.6) is 0 Å². The van der Waals surface area contributed by atoms with Crippen molar-refractivity contribution >= 4 is 12.5 Å². The van der Waals surface area contributed by atoms with Gasteiger partial charge < -0.3 is 4.79 Å². The Bertz CT molecular complexity index is 170. The SMILES string of the molecule is CC1=CCC(C=O)N=C1. The van der Waals surface area contributed by atoms with E-state index in [-0.39, 0.29) is 6.04 Å². The van der Waals surface area contributed by atoms with Crippen molar-refractivity contribution in [3.63, 3.8) is 0 Å². The molecular weight excluding hydrogens is 114 g/mol. The van der Waals surface area contributed by atoms with Crippen LogP contribution in [-0.4, -0.2) is 18.5 Å². The summed E-state index contributed by atoms with van der Waals surface area (Å²) in [6.07, 6.45) is 5.40. The Kier molecular flexibility index (Phi) is 1.78. The molecule has 1 aliphatic rings. The van der Waals surface area contributed by atoms with Crippen molar-refractivity contribution in [3.05, 3.63) is 11.6 Å². The summed E-state index contributed by atoms with van der Waals surface area (Å²) >= 11 is 0. The highest BCUT2D eigenvalue weighted by Gasteiger charge is 2.04. The molecule has 0 aliphatic carbocycles. The highest BCUT2D eigenvalue weighted by atomic mass is 16.1. The van der Waals surface area contributed by atoms with Gasteiger partial charge in [-0.2, -0.15) is 0 Å². The number of aldehydes is 1. The Hall–Kier alpha value is -0.920. The van der Waals surface area contributed by atoms with E-state index < -0.39 is 0 Å². The minimum atomic E-state index is -0.117. The molecule has 0 amide bonds. The van der Waals surface area contributed by atoms with Gasteiger partial charge in [-0.25, -0.2) is 0 Å². The molecular formula is C7H9NO. The summed E-state index contributed by atoms with van der Waals surface area (Å²) in [6.45, 7) is 1.98. The maximum atomic E-state index is 10.1. The number of carbonyl (C=O) groups excluding carboxylic acids is 1. The molecule has 0 saturated carbocycles. The molecule has 0 saturated heterocycles. The molecule has 2 nitrogen and oxygen atoms in total. The van der Waals surface area contributed by atoms with Gasteiger partial charge in [-0.05, 0) is 18.9 Å². The Morgan fingerprint density at radius 1 is 1.89 bits per heavy atom. The average Bonchev–Trinajstić information content (AvgIpc) is 1.90. The van der Waals surface area contributed by atoms with Gasteiger partial charge in [0.25, 0.3) is 0 Å². The number of nitrogens with zero attached hydrogens (tertiary/aromatic N) is 1. The van der Waals surface area contributed by atoms with Crippen LogP contribution in [0.15, 0.2) is 16.6 Å². The molecule has 0 N–H and O–H groups in total. The van der Waals surface area contributed by atoms with Crippen LogP contribution in [-0.2, 0) is 4.79 Å². The van der Waals surface area contributed by atoms with Crippen molar-refractivity contribution in [2.24, 2.45) is 4.99 Å². The highest BCUT2D eigenvalue weighted by molar-refractivity contribution is 5.81. The van der Waals surface area contributed by atoms with E-state index in [9.17, 15) is 4.79 Å². The Labute approximate surface area is 54.3 Å². The minimum Gasteiger partial charge on any atom is -0.301 e. The zero-order valence-corrected chi connectivity index (χ0v) is 5.37. The molecule has 0 fully saturated rings. The van der Waals surface area contributed by atoms with Crippen molar-refractivity contribution in [2.45, 2.75) is 19.4 Å². The number of rotatable bonds is 1. The number of carbonyl (C=O) groups is 1. The van der Waals surface area contributed by atoms with Gasteiger partial charge in [0.05, 0.1) is 0 Å². The van der Waals surface area contributed by atoms with E-state index in [1.54, 1.807) is 6.21 Å². The maximum absolute atomic E-state index is 10.1. The second kappa shape index (κ2) is 2.58. The third-order valence-corrected chi connectivity index (χ3v) is 1.31. The summed E-state index contributed by atoms with van der Waals surface area (Å²) in [7, 11) is 0. The van der Waals surface area contributed by atoms with E-state index in [0.717, 1.165) is 18.3 Å². The first-order valence-corrected chi connectivity index (χ1v) is 2.98.